The summed E-state index contributed by atoms with van der Waals surface area (Å²) in [5, 5.41) is 13.4. The van der Waals surface area contributed by atoms with Gasteiger partial charge in [-0.1, -0.05) is 6.92 Å². The first kappa shape index (κ1) is 26.6. The number of nitrogens with zero attached hydrogens (tertiary/aromatic N) is 2. The Labute approximate surface area is 221 Å². The number of rotatable bonds is 6. The molecule has 3 aromatic rings. The Hall–Kier alpha value is -3.04. The van der Waals surface area contributed by atoms with Gasteiger partial charge in [0.05, 0.1) is 31.2 Å². The van der Waals surface area contributed by atoms with Crippen molar-refractivity contribution in [2.75, 3.05) is 18.5 Å². The predicted octanol–water partition coefficient (Wildman–Crippen LogP) is 3.15. The number of aromatic nitrogens is 2. The highest BCUT2D eigenvalue weighted by atomic mass is 31.0. The summed E-state index contributed by atoms with van der Waals surface area (Å²) >= 11 is 0. The van der Waals surface area contributed by atoms with Crippen molar-refractivity contribution < 1.29 is 28.2 Å². The molecule has 2 aromatic heterocycles. The van der Waals surface area contributed by atoms with E-state index in [4.69, 9.17) is 15.2 Å². The van der Waals surface area contributed by atoms with Gasteiger partial charge in [-0.2, -0.15) is 0 Å². The molecule has 0 bridgehead atoms. The summed E-state index contributed by atoms with van der Waals surface area (Å²) in [6.07, 6.45) is 3.69. The van der Waals surface area contributed by atoms with Gasteiger partial charge >= 0.3 is 0 Å². The first-order valence-electron chi connectivity index (χ1n) is 12.4. The number of carbonyl (C=O) groups excluding carboxylic acids is 1. The molecule has 3 heterocycles. The lowest BCUT2D eigenvalue weighted by Gasteiger charge is -2.36. The minimum atomic E-state index is -0.768. The van der Waals surface area contributed by atoms with Gasteiger partial charge in [-0.3, -0.25) is 9.78 Å². The largest absolute Gasteiger partial charge is 0.485 e. The number of nitrogens with one attached hydrogen (secondary N) is 1. The number of nitrogens with two attached hydrogens (primary N) is 1. The molecule has 4 N–H and O–H groups in total. The molecule has 1 unspecified atom stereocenters. The lowest BCUT2D eigenvalue weighted by molar-refractivity contribution is -0.0797. The van der Waals surface area contributed by atoms with Gasteiger partial charge < -0.3 is 25.6 Å². The molecule has 1 saturated heterocycles. The molecule has 1 saturated carbocycles. The lowest BCUT2D eigenvalue weighted by Crippen LogP contribution is -2.44. The van der Waals surface area contributed by atoms with Gasteiger partial charge in [0.1, 0.15) is 34.9 Å². The molecule has 5 rings (SSSR count). The van der Waals surface area contributed by atoms with E-state index in [-0.39, 0.29) is 40.9 Å². The van der Waals surface area contributed by atoms with E-state index in [9.17, 15) is 14.3 Å². The second kappa shape index (κ2) is 11.0. The van der Waals surface area contributed by atoms with Crippen LogP contribution in [0.1, 0.15) is 41.7 Å². The van der Waals surface area contributed by atoms with Crippen molar-refractivity contribution in [1.82, 2.24) is 9.97 Å². The quantitative estimate of drug-likeness (QED) is 0.410. The third-order valence-electron chi connectivity index (χ3n) is 7.10. The van der Waals surface area contributed by atoms with E-state index in [1.54, 1.807) is 12.3 Å². The normalized spacial score (nSPS) is 23.5. The molecule has 38 heavy (non-hydrogen) atoms. The summed E-state index contributed by atoms with van der Waals surface area (Å²) in [6.45, 7) is 2.80. The smallest absolute Gasteiger partial charge is 0.274 e. The van der Waals surface area contributed by atoms with Gasteiger partial charge in [-0.05, 0) is 59.8 Å². The molecule has 1 aliphatic heterocycles. The Balaban J connectivity index is 1.40. The van der Waals surface area contributed by atoms with E-state index in [1.807, 2.05) is 13.0 Å². The molecule has 1 aromatic carbocycles. The van der Waals surface area contributed by atoms with Crippen molar-refractivity contribution >= 4 is 26.1 Å². The van der Waals surface area contributed by atoms with Crippen LogP contribution in [0.25, 0.3) is 11.3 Å². The molecule has 200 valence electrons. The summed E-state index contributed by atoms with van der Waals surface area (Å²) in [5.74, 6) is -1.78. The maximum absolute atomic E-state index is 15.1. The highest BCUT2D eigenvalue weighted by molar-refractivity contribution is 7.28. The SMILES string of the molecule is C[C@H]1C[C@@H](c2ccncc2NC(=O)c2ccc(F)c(-c3c(F)cc(OC4COC4)cc3P)n2)C[C@@H](N)[C@@H]1O. The lowest BCUT2D eigenvalue weighted by atomic mass is 9.74. The predicted molar refractivity (Wildman–Crippen MR) is 141 cm³/mol. The van der Waals surface area contributed by atoms with E-state index < -0.39 is 23.6 Å². The Morgan fingerprint density at radius 3 is 2.68 bits per heavy atom. The molecular weight excluding hydrogens is 513 g/mol. The topological polar surface area (TPSA) is 120 Å². The van der Waals surface area contributed by atoms with Crippen LogP contribution >= 0.6 is 9.24 Å². The van der Waals surface area contributed by atoms with Crippen molar-refractivity contribution in [1.29, 1.82) is 0 Å². The molecule has 2 aliphatic rings. The fourth-order valence-electron chi connectivity index (χ4n) is 5.02. The second-order valence-corrected chi connectivity index (χ2v) is 10.5. The number of halogens is 2. The van der Waals surface area contributed by atoms with Crippen molar-refractivity contribution in [2.45, 2.75) is 43.9 Å². The zero-order valence-electron chi connectivity index (χ0n) is 20.7. The Morgan fingerprint density at radius 2 is 2.00 bits per heavy atom. The number of ether oxygens (including phenoxy) is 2. The van der Waals surface area contributed by atoms with E-state index >= 15 is 4.39 Å². The number of pyridine rings is 2. The summed E-state index contributed by atoms with van der Waals surface area (Å²) in [7, 11) is 2.37. The van der Waals surface area contributed by atoms with Crippen LogP contribution < -0.4 is 21.1 Å². The molecule has 0 spiro atoms. The number of anilines is 1. The van der Waals surface area contributed by atoms with Crippen molar-refractivity contribution in [2.24, 2.45) is 11.7 Å². The molecule has 8 nitrogen and oxygen atoms in total. The number of aliphatic hydroxyl groups is 1. The molecule has 11 heteroatoms. The number of carbonyl (C=O) groups is 1. The van der Waals surface area contributed by atoms with E-state index in [2.05, 4.69) is 24.5 Å². The highest BCUT2D eigenvalue weighted by Crippen LogP contribution is 2.38. The Bertz CT molecular complexity index is 1320. The van der Waals surface area contributed by atoms with E-state index in [0.717, 1.165) is 11.6 Å². The van der Waals surface area contributed by atoms with Gasteiger partial charge in [0.2, 0.25) is 0 Å². The minimum Gasteiger partial charge on any atom is -0.485 e. The van der Waals surface area contributed by atoms with Crippen molar-refractivity contribution in [3.05, 3.63) is 65.6 Å². The monoisotopic (exact) mass is 542 g/mol. The van der Waals surface area contributed by atoms with Gasteiger partial charge in [-0.15, -0.1) is 9.24 Å². The summed E-state index contributed by atoms with van der Waals surface area (Å²) in [4.78, 5) is 21.5. The average Bonchev–Trinajstić information content (AvgIpc) is 2.85. The molecule has 1 aliphatic carbocycles. The molecule has 2 fully saturated rings. The van der Waals surface area contributed by atoms with Crippen LogP contribution in [0.3, 0.4) is 0 Å². The third kappa shape index (κ3) is 5.40. The second-order valence-electron chi connectivity index (χ2n) is 9.89. The molecule has 1 amide bonds. The third-order valence-corrected chi connectivity index (χ3v) is 7.55. The van der Waals surface area contributed by atoms with Crippen LogP contribution in [0, 0.1) is 17.6 Å². The average molecular weight is 543 g/mol. The summed E-state index contributed by atoms with van der Waals surface area (Å²) in [6, 6.07) is 6.51. The van der Waals surface area contributed by atoms with Crippen LogP contribution in [-0.4, -0.2) is 52.4 Å². The fraction of sp³-hybridized carbons (Fsp3) is 0.370. The number of aliphatic hydroxyl groups excluding tert-OH is 1. The van der Waals surface area contributed by atoms with E-state index in [1.165, 1.54) is 18.3 Å². The van der Waals surface area contributed by atoms with Gasteiger partial charge in [-0.25, -0.2) is 13.8 Å². The fourth-order valence-corrected chi connectivity index (χ4v) is 5.46. The zero-order chi connectivity index (χ0) is 27.0. The summed E-state index contributed by atoms with van der Waals surface area (Å²) < 4.78 is 40.7. The number of hydrogen-bond acceptors (Lipinski definition) is 7. The Kier molecular flexibility index (Phi) is 7.68. The van der Waals surface area contributed by atoms with Gasteiger partial charge in [0.25, 0.3) is 5.91 Å². The van der Waals surface area contributed by atoms with Crippen LogP contribution in [-0.2, 0) is 4.74 Å². The van der Waals surface area contributed by atoms with Crippen LogP contribution in [0.15, 0.2) is 42.7 Å². The van der Waals surface area contributed by atoms with Crippen molar-refractivity contribution in [3.63, 3.8) is 0 Å². The molecular formula is C27H29F2N4O4P. The Morgan fingerprint density at radius 1 is 1.21 bits per heavy atom. The van der Waals surface area contributed by atoms with Crippen LogP contribution in [0.5, 0.6) is 5.75 Å². The maximum atomic E-state index is 15.1. The van der Waals surface area contributed by atoms with E-state index in [0.29, 0.717) is 42.8 Å². The highest BCUT2D eigenvalue weighted by Gasteiger charge is 2.34. The minimum absolute atomic E-state index is 0.00311. The number of benzene rings is 1. The number of hydrogen-bond donors (Lipinski definition) is 3. The first-order chi connectivity index (χ1) is 18.2. The zero-order valence-corrected chi connectivity index (χ0v) is 21.9. The number of amides is 1. The van der Waals surface area contributed by atoms with Crippen LogP contribution in [0.2, 0.25) is 0 Å². The molecule has 5 atom stereocenters. The summed E-state index contributed by atoms with van der Waals surface area (Å²) in [5.41, 5.74) is 7.02. The standard InChI is InChI=1S/C27H29F2N4O4P/c1-13-6-14(7-20(30)26(13)34)17-4-5-31-10-22(17)33-27(35)21-3-2-18(28)25(32-21)24-19(29)8-15(9-23(24)38)37-16-11-36-12-16/h2-5,8-10,13-14,16,20,26,34H,6-7,11-12,30,38H2,1H3,(H,33,35)/t13-,14+,20+,26+/m0/s1. The van der Waals surface area contributed by atoms with Gasteiger partial charge in [0.15, 0.2) is 0 Å². The maximum Gasteiger partial charge on any atom is 0.274 e. The van der Waals surface area contributed by atoms with Crippen LogP contribution in [0.4, 0.5) is 14.5 Å². The first-order valence-corrected chi connectivity index (χ1v) is 13.0. The van der Waals surface area contributed by atoms with Crippen molar-refractivity contribution in [3.8, 4) is 17.0 Å². The van der Waals surface area contributed by atoms with Gasteiger partial charge in [0, 0.05) is 23.9 Å². The molecule has 0 radical (unpaired) electrons.